The zero-order valence-electron chi connectivity index (χ0n) is 16.8. The molecule has 0 fully saturated rings. The summed E-state index contributed by atoms with van der Waals surface area (Å²) in [6, 6.07) is 20.7. The first-order valence-electron chi connectivity index (χ1n) is 9.78. The average Bonchev–Trinajstić information content (AvgIpc) is 3.46. The standard InChI is InChI=1S/C24H14ClN3O5/c25-15-6-8-18(20(11-15)28(30)31)21-10-7-16(32-21)13-26-27-24(29)23-12-19-17-4-2-1-3-14(17)5-9-22(19)33-23/h1-13H,(H,27,29). The number of hydrogen-bond acceptors (Lipinski definition) is 6. The second kappa shape index (κ2) is 8.25. The summed E-state index contributed by atoms with van der Waals surface area (Å²) in [7, 11) is 0. The maximum absolute atomic E-state index is 12.5. The summed E-state index contributed by atoms with van der Waals surface area (Å²) in [6.45, 7) is 0. The molecular weight excluding hydrogens is 446 g/mol. The lowest BCUT2D eigenvalue weighted by Gasteiger charge is -2.00. The van der Waals surface area contributed by atoms with E-state index in [2.05, 4.69) is 10.5 Å². The zero-order chi connectivity index (χ0) is 22.9. The van der Waals surface area contributed by atoms with E-state index in [1.54, 1.807) is 18.2 Å². The highest BCUT2D eigenvalue weighted by Crippen LogP contribution is 2.33. The van der Waals surface area contributed by atoms with Crippen LogP contribution in [0.3, 0.4) is 0 Å². The Hall–Kier alpha value is -4.43. The molecule has 0 radical (unpaired) electrons. The van der Waals surface area contributed by atoms with Gasteiger partial charge in [-0.25, -0.2) is 5.43 Å². The number of carbonyl (C=O) groups excluding carboxylic acids is 1. The van der Waals surface area contributed by atoms with E-state index in [4.69, 9.17) is 20.4 Å². The summed E-state index contributed by atoms with van der Waals surface area (Å²) in [4.78, 5) is 23.2. The summed E-state index contributed by atoms with van der Waals surface area (Å²) >= 11 is 5.85. The SMILES string of the molecule is O=C(NN=Cc1ccc(-c2ccc(Cl)cc2[N+](=O)[O-])o1)c1cc2c(ccc3ccccc32)o1. The second-order valence-corrected chi connectivity index (χ2v) is 7.57. The van der Waals surface area contributed by atoms with Gasteiger partial charge in [0.1, 0.15) is 17.1 Å². The van der Waals surface area contributed by atoms with Gasteiger partial charge in [-0.1, -0.05) is 41.9 Å². The zero-order valence-corrected chi connectivity index (χ0v) is 17.6. The Kier molecular flexibility index (Phi) is 5.12. The highest BCUT2D eigenvalue weighted by Gasteiger charge is 2.18. The summed E-state index contributed by atoms with van der Waals surface area (Å²) in [5.41, 5.74) is 3.10. The van der Waals surface area contributed by atoms with Crippen molar-refractivity contribution in [3.05, 3.63) is 99.5 Å². The van der Waals surface area contributed by atoms with Crippen molar-refractivity contribution in [2.45, 2.75) is 0 Å². The summed E-state index contributed by atoms with van der Waals surface area (Å²) in [5, 5.41) is 18.3. The van der Waals surface area contributed by atoms with E-state index in [0.717, 1.165) is 16.2 Å². The Balaban J connectivity index is 1.34. The molecule has 0 saturated heterocycles. The molecule has 0 atom stereocenters. The predicted octanol–water partition coefficient (Wildman–Crippen LogP) is 6.17. The Morgan fingerprint density at radius 3 is 2.70 bits per heavy atom. The van der Waals surface area contributed by atoms with Crippen molar-refractivity contribution in [1.29, 1.82) is 0 Å². The highest BCUT2D eigenvalue weighted by molar-refractivity contribution is 6.30. The van der Waals surface area contributed by atoms with Crippen LogP contribution in [0.4, 0.5) is 5.69 Å². The van der Waals surface area contributed by atoms with Gasteiger partial charge < -0.3 is 8.83 Å². The van der Waals surface area contributed by atoms with Gasteiger partial charge in [-0.2, -0.15) is 5.10 Å². The average molecular weight is 460 g/mol. The third-order valence-electron chi connectivity index (χ3n) is 5.06. The fourth-order valence-electron chi connectivity index (χ4n) is 3.55. The minimum atomic E-state index is -0.533. The van der Waals surface area contributed by atoms with E-state index in [1.807, 2.05) is 36.4 Å². The second-order valence-electron chi connectivity index (χ2n) is 7.13. The van der Waals surface area contributed by atoms with Gasteiger partial charge in [0, 0.05) is 16.5 Å². The Labute approximate surface area is 191 Å². The van der Waals surface area contributed by atoms with Gasteiger partial charge in [0.2, 0.25) is 0 Å². The largest absolute Gasteiger partial charge is 0.455 e. The summed E-state index contributed by atoms with van der Waals surface area (Å²) < 4.78 is 11.3. The monoisotopic (exact) mass is 459 g/mol. The number of nitro groups is 1. The van der Waals surface area contributed by atoms with Crippen LogP contribution in [-0.2, 0) is 0 Å². The molecule has 1 N–H and O–H groups in total. The number of nitrogens with zero attached hydrogens (tertiary/aromatic N) is 2. The Morgan fingerprint density at radius 1 is 1.00 bits per heavy atom. The van der Waals surface area contributed by atoms with Crippen molar-refractivity contribution in [1.82, 2.24) is 5.43 Å². The third-order valence-corrected chi connectivity index (χ3v) is 5.29. The molecule has 8 nitrogen and oxygen atoms in total. The van der Waals surface area contributed by atoms with Crippen LogP contribution in [-0.4, -0.2) is 17.0 Å². The lowest BCUT2D eigenvalue weighted by atomic mass is 10.1. The van der Waals surface area contributed by atoms with Crippen LogP contribution in [0.1, 0.15) is 16.3 Å². The summed E-state index contributed by atoms with van der Waals surface area (Å²) in [6.07, 6.45) is 1.29. The number of fused-ring (bicyclic) bond motifs is 3. The molecule has 0 unspecified atom stereocenters. The molecule has 0 spiro atoms. The van der Waals surface area contributed by atoms with Crippen LogP contribution in [0.5, 0.6) is 0 Å². The number of nitrogens with one attached hydrogen (secondary N) is 1. The molecular formula is C24H14ClN3O5. The van der Waals surface area contributed by atoms with Gasteiger partial charge in [-0.05, 0) is 47.2 Å². The molecule has 162 valence electrons. The van der Waals surface area contributed by atoms with Crippen molar-refractivity contribution < 1.29 is 18.6 Å². The van der Waals surface area contributed by atoms with Crippen LogP contribution >= 0.6 is 11.6 Å². The molecule has 5 rings (SSSR count). The van der Waals surface area contributed by atoms with Crippen LogP contribution in [0.15, 0.2) is 86.7 Å². The van der Waals surface area contributed by atoms with E-state index in [0.29, 0.717) is 11.3 Å². The van der Waals surface area contributed by atoms with E-state index < -0.39 is 10.8 Å². The molecule has 5 aromatic rings. The maximum Gasteiger partial charge on any atom is 0.307 e. The normalized spacial score (nSPS) is 11.4. The number of amides is 1. The number of hydrazone groups is 1. The number of carbonyl (C=O) groups is 1. The minimum Gasteiger partial charge on any atom is -0.455 e. The van der Waals surface area contributed by atoms with Crippen molar-refractivity contribution >= 4 is 51.2 Å². The smallest absolute Gasteiger partial charge is 0.307 e. The first-order chi connectivity index (χ1) is 16.0. The Bertz CT molecular complexity index is 1570. The lowest BCUT2D eigenvalue weighted by molar-refractivity contribution is -0.384. The molecule has 33 heavy (non-hydrogen) atoms. The van der Waals surface area contributed by atoms with Crippen LogP contribution in [0.2, 0.25) is 5.02 Å². The van der Waals surface area contributed by atoms with Gasteiger partial charge >= 0.3 is 5.91 Å². The molecule has 0 saturated carbocycles. The topological polar surface area (TPSA) is 111 Å². The quantitative estimate of drug-likeness (QED) is 0.192. The van der Waals surface area contributed by atoms with E-state index in [1.165, 1.54) is 24.4 Å². The van der Waals surface area contributed by atoms with E-state index in [-0.39, 0.29) is 27.8 Å². The van der Waals surface area contributed by atoms with Crippen molar-refractivity contribution in [2.75, 3.05) is 0 Å². The molecule has 0 bridgehead atoms. The predicted molar refractivity (Wildman–Crippen MR) is 125 cm³/mol. The van der Waals surface area contributed by atoms with Crippen LogP contribution in [0.25, 0.3) is 33.1 Å². The number of hydrogen-bond donors (Lipinski definition) is 1. The molecule has 2 heterocycles. The van der Waals surface area contributed by atoms with Gasteiger partial charge in [0.05, 0.1) is 16.7 Å². The molecule has 0 aliphatic carbocycles. The number of nitro benzene ring substituents is 1. The minimum absolute atomic E-state index is 0.121. The van der Waals surface area contributed by atoms with Gasteiger partial charge in [0.25, 0.3) is 5.69 Å². The van der Waals surface area contributed by atoms with Crippen molar-refractivity contribution in [3.8, 4) is 11.3 Å². The van der Waals surface area contributed by atoms with Crippen LogP contribution < -0.4 is 5.43 Å². The number of furan rings is 2. The van der Waals surface area contributed by atoms with E-state index >= 15 is 0 Å². The first-order valence-corrected chi connectivity index (χ1v) is 10.2. The third kappa shape index (κ3) is 3.95. The molecule has 3 aromatic carbocycles. The number of halogens is 1. The summed E-state index contributed by atoms with van der Waals surface area (Å²) in [5.74, 6) is 0.169. The molecule has 2 aromatic heterocycles. The maximum atomic E-state index is 12.5. The van der Waals surface area contributed by atoms with Gasteiger partial charge in [0.15, 0.2) is 5.76 Å². The molecule has 0 aliphatic rings. The van der Waals surface area contributed by atoms with Gasteiger partial charge in [-0.3, -0.25) is 14.9 Å². The number of rotatable bonds is 5. The van der Waals surface area contributed by atoms with Crippen molar-refractivity contribution in [3.63, 3.8) is 0 Å². The highest BCUT2D eigenvalue weighted by atomic mass is 35.5. The molecule has 1 amide bonds. The fourth-order valence-corrected chi connectivity index (χ4v) is 3.71. The van der Waals surface area contributed by atoms with E-state index in [9.17, 15) is 14.9 Å². The fraction of sp³-hybridized carbons (Fsp3) is 0. The number of benzene rings is 3. The van der Waals surface area contributed by atoms with Crippen molar-refractivity contribution in [2.24, 2.45) is 5.10 Å². The van der Waals surface area contributed by atoms with Crippen LogP contribution in [0, 0.1) is 10.1 Å². The van der Waals surface area contributed by atoms with Gasteiger partial charge in [-0.15, -0.1) is 0 Å². The first kappa shape index (κ1) is 20.5. The lowest BCUT2D eigenvalue weighted by Crippen LogP contribution is -2.16. The molecule has 0 aliphatic heterocycles. The molecule has 9 heteroatoms. The Morgan fingerprint density at radius 2 is 1.85 bits per heavy atom.